The van der Waals surface area contributed by atoms with Crippen LogP contribution in [0.1, 0.15) is 13.8 Å². The number of carbonyl (C=O) groups excluding carboxylic acids is 1. The Morgan fingerprint density at radius 1 is 1.11 bits per heavy atom. The van der Waals surface area contributed by atoms with E-state index in [1.165, 1.54) is 6.07 Å². The molecule has 0 aliphatic carbocycles. The maximum absolute atomic E-state index is 11.8. The van der Waals surface area contributed by atoms with E-state index < -0.39 is 0 Å². The summed E-state index contributed by atoms with van der Waals surface area (Å²) in [6.07, 6.45) is 0. The number of amides is 1. The molecule has 6 heteroatoms. The summed E-state index contributed by atoms with van der Waals surface area (Å²) in [5, 5.41) is 3.82. The minimum absolute atomic E-state index is 0.126. The minimum Gasteiger partial charge on any atom is -0.324 e. The molecule has 100 valence electrons. The fraction of sp³-hybridized carbons (Fsp3) is 0.417. The zero-order valence-corrected chi connectivity index (χ0v) is 12.5. The molecule has 0 bridgehead atoms. The number of likely N-dealkylation sites (N-methyl/N-ethyl adjacent to an activating group) is 1. The van der Waals surface area contributed by atoms with Crippen molar-refractivity contribution >= 4 is 46.4 Å². The Morgan fingerprint density at radius 2 is 1.67 bits per heavy atom. The van der Waals surface area contributed by atoms with Gasteiger partial charge in [-0.3, -0.25) is 9.69 Å². The first-order valence-electron chi connectivity index (χ1n) is 5.64. The molecule has 0 atom stereocenters. The predicted molar refractivity (Wildman–Crippen MR) is 77.9 cm³/mol. The van der Waals surface area contributed by atoms with E-state index in [0.717, 1.165) is 13.1 Å². The Bertz CT molecular complexity index is 434. The van der Waals surface area contributed by atoms with Gasteiger partial charge in [0.2, 0.25) is 5.91 Å². The second-order valence-electron chi connectivity index (χ2n) is 3.76. The summed E-state index contributed by atoms with van der Waals surface area (Å²) in [7, 11) is 0. The maximum Gasteiger partial charge on any atom is 0.238 e. The van der Waals surface area contributed by atoms with Gasteiger partial charge in [0.05, 0.1) is 27.3 Å². The molecular weight excluding hydrogens is 295 g/mol. The standard InChI is InChI=1S/C12H15Cl3N2O/c1-3-17(4-2)7-12(18)16-11-6-9(14)8(13)5-10(11)15/h5-6H,3-4,7H2,1-2H3,(H,16,18). The molecule has 18 heavy (non-hydrogen) atoms. The lowest BCUT2D eigenvalue weighted by molar-refractivity contribution is -0.117. The zero-order valence-electron chi connectivity index (χ0n) is 10.3. The molecule has 1 rings (SSSR count). The second-order valence-corrected chi connectivity index (χ2v) is 4.98. The molecule has 0 saturated carbocycles. The van der Waals surface area contributed by atoms with Crippen molar-refractivity contribution in [2.24, 2.45) is 0 Å². The van der Waals surface area contributed by atoms with Gasteiger partial charge < -0.3 is 5.32 Å². The van der Waals surface area contributed by atoms with E-state index >= 15 is 0 Å². The van der Waals surface area contributed by atoms with Gasteiger partial charge >= 0.3 is 0 Å². The number of hydrogen-bond acceptors (Lipinski definition) is 2. The van der Waals surface area contributed by atoms with Crippen LogP contribution in [-0.4, -0.2) is 30.4 Å². The average molecular weight is 310 g/mol. The van der Waals surface area contributed by atoms with E-state index in [4.69, 9.17) is 34.8 Å². The number of carbonyl (C=O) groups is 1. The third kappa shape index (κ3) is 4.32. The van der Waals surface area contributed by atoms with Crippen molar-refractivity contribution in [3.8, 4) is 0 Å². The van der Waals surface area contributed by atoms with Crippen molar-refractivity contribution in [2.45, 2.75) is 13.8 Å². The molecule has 0 radical (unpaired) electrons. The van der Waals surface area contributed by atoms with Crippen LogP contribution in [0.25, 0.3) is 0 Å². The zero-order chi connectivity index (χ0) is 13.7. The van der Waals surface area contributed by atoms with E-state index in [1.54, 1.807) is 6.07 Å². The van der Waals surface area contributed by atoms with Gasteiger partial charge in [-0.15, -0.1) is 0 Å². The smallest absolute Gasteiger partial charge is 0.238 e. The number of benzene rings is 1. The van der Waals surface area contributed by atoms with Crippen molar-refractivity contribution in [3.05, 3.63) is 27.2 Å². The highest BCUT2D eigenvalue weighted by atomic mass is 35.5. The minimum atomic E-state index is -0.126. The topological polar surface area (TPSA) is 32.3 Å². The fourth-order valence-electron chi connectivity index (χ4n) is 1.46. The van der Waals surface area contributed by atoms with Crippen LogP contribution in [0.3, 0.4) is 0 Å². The lowest BCUT2D eigenvalue weighted by Gasteiger charge is -2.17. The molecule has 0 aliphatic rings. The van der Waals surface area contributed by atoms with Crippen LogP contribution in [-0.2, 0) is 4.79 Å². The molecule has 1 aromatic carbocycles. The number of rotatable bonds is 5. The van der Waals surface area contributed by atoms with Crippen LogP contribution >= 0.6 is 34.8 Å². The van der Waals surface area contributed by atoms with Crippen LogP contribution in [0.15, 0.2) is 12.1 Å². The predicted octanol–water partition coefficient (Wildman–Crippen LogP) is 3.93. The van der Waals surface area contributed by atoms with E-state index in [1.807, 2.05) is 18.7 Å². The van der Waals surface area contributed by atoms with E-state index in [0.29, 0.717) is 27.3 Å². The lowest BCUT2D eigenvalue weighted by atomic mass is 10.3. The second kappa shape index (κ2) is 7.19. The monoisotopic (exact) mass is 308 g/mol. The third-order valence-corrected chi connectivity index (χ3v) is 3.58. The van der Waals surface area contributed by atoms with Crippen molar-refractivity contribution in [3.63, 3.8) is 0 Å². The molecule has 1 aromatic rings. The lowest BCUT2D eigenvalue weighted by Crippen LogP contribution is -2.32. The van der Waals surface area contributed by atoms with Gasteiger partial charge in [-0.05, 0) is 25.2 Å². The van der Waals surface area contributed by atoms with Crippen molar-refractivity contribution in [1.82, 2.24) is 4.90 Å². The van der Waals surface area contributed by atoms with Crippen LogP contribution in [0.4, 0.5) is 5.69 Å². The molecule has 0 heterocycles. The van der Waals surface area contributed by atoms with Crippen molar-refractivity contribution in [1.29, 1.82) is 0 Å². The van der Waals surface area contributed by atoms with E-state index in [2.05, 4.69) is 5.32 Å². The number of nitrogens with one attached hydrogen (secondary N) is 1. The van der Waals surface area contributed by atoms with Crippen molar-refractivity contribution in [2.75, 3.05) is 25.0 Å². The van der Waals surface area contributed by atoms with Gasteiger partial charge in [0.1, 0.15) is 0 Å². The first-order chi connectivity index (χ1) is 8.47. The first kappa shape index (κ1) is 15.6. The third-order valence-electron chi connectivity index (χ3n) is 2.55. The van der Waals surface area contributed by atoms with Crippen LogP contribution in [0.5, 0.6) is 0 Å². The Hall–Kier alpha value is -0.480. The van der Waals surface area contributed by atoms with Crippen molar-refractivity contribution < 1.29 is 4.79 Å². The van der Waals surface area contributed by atoms with E-state index in [-0.39, 0.29) is 5.91 Å². The van der Waals surface area contributed by atoms with Crippen LogP contribution in [0, 0.1) is 0 Å². The van der Waals surface area contributed by atoms with Crippen LogP contribution < -0.4 is 5.32 Å². The molecule has 0 aromatic heterocycles. The highest BCUT2D eigenvalue weighted by Crippen LogP contribution is 2.32. The Balaban J connectivity index is 2.73. The van der Waals surface area contributed by atoms with Gasteiger partial charge in [0.25, 0.3) is 0 Å². The summed E-state index contributed by atoms with van der Waals surface area (Å²) in [6, 6.07) is 3.06. The Morgan fingerprint density at radius 3 is 2.22 bits per heavy atom. The molecular formula is C12H15Cl3N2O. The highest BCUT2D eigenvalue weighted by molar-refractivity contribution is 6.44. The summed E-state index contributed by atoms with van der Waals surface area (Å²) in [4.78, 5) is 13.8. The molecule has 0 fully saturated rings. The largest absolute Gasteiger partial charge is 0.324 e. The molecule has 0 saturated heterocycles. The fourth-order valence-corrected chi connectivity index (χ4v) is 2.05. The quantitative estimate of drug-likeness (QED) is 0.836. The van der Waals surface area contributed by atoms with E-state index in [9.17, 15) is 4.79 Å². The summed E-state index contributed by atoms with van der Waals surface area (Å²) in [5.74, 6) is -0.126. The van der Waals surface area contributed by atoms with Gasteiger partial charge in [-0.1, -0.05) is 48.7 Å². The molecule has 3 nitrogen and oxygen atoms in total. The molecule has 0 aliphatic heterocycles. The summed E-state index contributed by atoms with van der Waals surface area (Å²) in [5.41, 5.74) is 0.475. The van der Waals surface area contributed by atoms with Gasteiger partial charge in [0.15, 0.2) is 0 Å². The van der Waals surface area contributed by atoms with Gasteiger partial charge in [-0.25, -0.2) is 0 Å². The molecule has 1 amide bonds. The maximum atomic E-state index is 11.8. The molecule has 0 unspecified atom stereocenters. The molecule has 0 spiro atoms. The summed E-state index contributed by atoms with van der Waals surface area (Å²) >= 11 is 17.7. The number of hydrogen-bond donors (Lipinski definition) is 1. The Kier molecular flexibility index (Phi) is 6.22. The first-order valence-corrected chi connectivity index (χ1v) is 6.78. The molecule has 1 N–H and O–H groups in total. The summed E-state index contributed by atoms with van der Waals surface area (Å²) < 4.78 is 0. The SMILES string of the molecule is CCN(CC)CC(=O)Nc1cc(Cl)c(Cl)cc1Cl. The normalized spacial score (nSPS) is 10.8. The number of anilines is 1. The van der Waals surface area contributed by atoms with Crippen LogP contribution in [0.2, 0.25) is 15.1 Å². The van der Waals surface area contributed by atoms with Gasteiger partial charge in [0, 0.05) is 0 Å². The average Bonchev–Trinajstić information content (AvgIpc) is 2.33. The highest BCUT2D eigenvalue weighted by Gasteiger charge is 2.11. The Labute approximate surface area is 122 Å². The number of nitrogens with zero attached hydrogens (tertiary/aromatic N) is 1. The van der Waals surface area contributed by atoms with Gasteiger partial charge in [-0.2, -0.15) is 0 Å². The summed E-state index contributed by atoms with van der Waals surface area (Å²) in [6.45, 7) is 5.97. The number of halogens is 3.